The lowest BCUT2D eigenvalue weighted by atomic mass is 10.2. The number of nitrogens with one attached hydrogen (secondary N) is 3. The number of fused-ring (bicyclic) bond motifs is 1. The second-order valence-electron chi connectivity index (χ2n) is 5.93. The number of H-pyrrole nitrogens is 1. The minimum atomic E-state index is -0.302. The zero-order chi connectivity index (χ0) is 15.6. The van der Waals surface area contributed by atoms with Crippen LogP contribution in [0.1, 0.15) is 24.8 Å². The van der Waals surface area contributed by atoms with E-state index in [1.54, 1.807) is 0 Å². The number of hydrogen-bond donors (Lipinski definition) is 3. The van der Waals surface area contributed by atoms with Crippen molar-refractivity contribution in [2.45, 2.75) is 25.0 Å². The summed E-state index contributed by atoms with van der Waals surface area (Å²) >= 11 is 0. The second-order valence-corrected chi connectivity index (χ2v) is 5.93. The minimum absolute atomic E-state index is 0.0593. The normalized spacial score (nSPS) is 24.9. The van der Waals surface area contributed by atoms with E-state index in [4.69, 9.17) is 9.47 Å². The average Bonchev–Trinajstić information content (AvgIpc) is 3.24. The van der Waals surface area contributed by atoms with Crippen LogP contribution in [0.3, 0.4) is 0 Å². The van der Waals surface area contributed by atoms with Gasteiger partial charge in [-0.2, -0.15) is 0 Å². The molecule has 1 amide bonds. The highest BCUT2D eigenvalue weighted by Gasteiger charge is 2.22. The van der Waals surface area contributed by atoms with Crippen LogP contribution in [-0.4, -0.2) is 48.3 Å². The molecule has 2 saturated heterocycles. The van der Waals surface area contributed by atoms with E-state index in [1.807, 2.05) is 18.2 Å². The maximum atomic E-state index is 12.2. The van der Waals surface area contributed by atoms with Crippen molar-refractivity contribution in [3.63, 3.8) is 0 Å². The summed E-state index contributed by atoms with van der Waals surface area (Å²) in [4.78, 5) is 20.1. The topological polar surface area (TPSA) is 88.3 Å². The molecule has 2 aromatic rings. The zero-order valence-electron chi connectivity index (χ0n) is 12.8. The standard InChI is InChI=1S/C16H20N4O3/c21-16(13-9-22-7-5-17-13)18-10-3-4-11-12(8-10)20-15(19-11)14-2-1-6-23-14/h3-4,8,13-14,17H,1-2,5-7,9H2,(H,18,21)(H,19,20). The first-order chi connectivity index (χ1) is 11.3. The van der Waals surface area contributed by atoms with Gasteiger partial charge in [-0.25, -0.2) is 4.98 Å². The summed E-state index contributed by atoms with van der Waals surface area (Å²) in [6.07, 6.45) is 2.13. The van der Waals surface area contributed by atoms with E-state index in [1.165, 1.54) is 0 Å². The molecule has 0 saturated carbocycles. The van der Waals surface area contributed by atoms with Crippen LogP contribution in [0.4, 0.5) is 5.69 Å². The molecule has 2 unspecified atom stereocenters. The number of morpholine rings is 1. The largest absolute Gasteiger partial charge is 0.378 e. The monoisotopic (exact) mass is 316 g/mol. The highest BCUT2D eigenvalue weighted by molar-refractivity contribution is 5.96. The maximum Gasteiger partial charge on any atom is 0.243 e. The van der Waals surface area contributed by atoms with E-state index in [0.29, 0.717) is 19.8 Å². The lowest BCUT2D eigenvalue weighted by Gasteiger charge is -2.22. The molecule has 2 atom stereocenters. The van der Waals surface area contributed by atoms with Gasteiger partial charge in [-0.05, 0) is 31.0 Å². The van der Waals surface area contributed by atoms with Crippen LogP contribution in [0.5, 0.6) is 0 Å². The molecule has 23 heavy (non-hydrogen) atoms. The summed E-state index contributed by atoms with van der Waals surface area (Å²) in [7, 11) is 0. The Kier molecular flexibility index (Phi) is 3.99. The van der Waals surface area contributed by atoms with Crippen molar-refractivity contribution in [3.8, 4) is 0 Å². The van der Waals surface area contributed by atoms with Crippen LogP contribution in [0.15, 0.2) is 18.2 Å². The average molecular weight is 316 g/mol. The summed E-state index contributed by atoms with van der Waals surface area (Å²) in [6.45, 7) is 2.54. The fourth-order valence-electron chi connectivity index (χ4n) is 3.02. The van der Waals surface area contributed by atoms with Gasteiger partial charge in [0.05, 0.1) is 24.2 Å². The van der Waals surface area contributed by atoms with Crippen LogP contribution in [0.2, 0.25) is 0 Å². The first-order valence-corrected chi connectivity index (χ1v) is 8.03. The van der Waals surface area contributed by atoms with E-state index in [9.17, 15) is 4.79 Å². The van der Waals surface area contributed by atoms with Crippen molar-refractivity contribution in [3.05, 3.63) is 24.0 Å². The Morgan fingerprint density at radius 1 is 1.35 bits per heavy atom. The van der Waals surface area contributed by atoms with Crippen LogP contribution in [-0.2, 0) is 14.3 Å². The number of rotatable bonds is 3. The molecule has 122 valence electrons. The number of imidazole rings is 1. The molecule has 3 heterocycles. The van der Waals surface area contributed by atoms with Crippen molar-refractivity contribution in [1.82, 2.24) is 15.3 Å². The first-order valence-electron chi connectivity index (χ1n) is 8.03. The second kappa shape index (κ2) is 6.27. The fraction of sp³-hybridized carbons (Fsp3) is 0.500. The number of nitrogens with zero attached hydrogens (tertiary/aromatic N) is 1. The van der Waals surface area contributed by atoms with E-state index < -0.39 is 0 Å². The molecule has 0 spiro atoms. The van der Waals surface area contributed by atoms with Crippen LogP contribution in [0.25, 0.3) is 11.0 Å². The Balaban J connectivity index is 1.50. The summed E-state index contributed by atoms with van der Waals surface area (Å²) in [5.74, 6) is 0.784. The molecule has 2 aliphatic rings. The van der Waals surface area contributed by atoms with Crippen molar-refractivity contribution in [2.24, 2.45) is 0 Å². The molecule has 2 aliphatic heterocycles. The first kappa shape index (κ1) is 14.6. The van der Waals surface area contributed by atoms with E-state index >= 15 is 0 Å². The molecule has 0 aliphatic carbocycles. The van der Waals surface area contributed by atoms with Gasteiger partial charge in [0.2, 0.25) is 5.91 Å². The third-order valence-corrected chi connectivity index (χ3v) is 4.24. The van der Waals surface area contributed by atoms with Crippen LogP contribution >= 0.6 is 0 Å². The van der Waals surface area contributed by atoms with Crippen LogP contribution in [0, 0.1) is 0 Å². The molecule has 3 N–H and O–H groups in total. The number of hydrogen-bond acceptors (Lipinski definition) is 5. The molecule has 1 aromatic carbocycles. The molecule has 0 bridgehead atoms. The number of aromatic amines is 1. The predicted octanol–water partition coefficient (Wildman–Crippen LogP) is 1.34. The van der Waals surface area contributed by atoms with Gasteiger partial charge in [-0.3, -0.25) is 4.79 Å². The van der Waals surface area contributed by atoms with Gasteiger partial charge in [-0.1, -0.05) is 0 Å². The van der Waals surface area contributed by atoms with E-state index in [0.717, 1.165) is 42.0 Å². The number of anilines is 1. The van der Waals surface area contributed by atoms with Crippen molar-refractivity contribution >= 4 is 22.6 Å². The molecule has 7 heteroatoms. The van der Waals surface area contributed by atoms with E-state index in [-0.39, 0.29) is 18.1 Å². The number of ether oxygens (including phenoxy) is 2. The number of amides is 1. The number of carbonyl (C=O) groups excluding carboxylic acids is 1. The highest BCUT2D eigenvalue weighted by atomic mass is 16.5. The Morgan fingerprint density at radius 2 is 2.30 bits per heavy atom. The fourth-order valence-corrected chi connectivity index (χ4v) is 3.02. The SMILES string of the molecule is O=C(Nc1ccc2nc(C3CCCO3)[nH]c2c1)C1COCCN1. The number of benzene rings is 1. The molecule has 0 radical (unpaired) electrons. The quantitative estimate of drug-likeness (QED) is 0.795. The summed E-state index contributed by atoms with van der Waals surface area (Å²) in [5, 5.41) is 6.07. The van der Waals surface area contributed by atoms with Gasteiger partial charge in [0.15, 0.2) is 0 Å². The summed E-state index contributed by atoms with van der Waals surface area (Å²) in [5.41, 5.74) is 2.53. The Hall–Kier alpha value is -1.96. The predicted molar refractivity (Wildman–Crippen MR) is 85.3 cm³/mol. The lowest BCUT2D eigenvalue weighted by Crippen LogP contribution is -2.48. The maximum absolute atomic E-state index is 12.2. The third kappa shape index (κ3) is 3.08. The Bertz CT molecular complexity index is 702. The third-order valence-electron chi connectivity index (χ3n) is 4.24. The van der Waals surface area contributed by atoms with Crippen molar-refractivity contribution in [2.75, 3.05) is 31.7 Å². The van der Waals surface area contributed by atoms with Crippen molar-refractivity contribution < 1.29 is 14.3 Å². The summed E-state index contributed by atoms with van der Waals surface area (Å²) < 4.78 is 11.0. The number of carbonyl (C=O) groups is 1. The molecular weight excluding hydrogens is 296 g/mol. The van der Waals surface area contributed by atoms with E-state index in [2.05, 4.69) is 20.6 Å². The minimum Gasteiger partial charge on any atom is -0.378 e. The Morgan fingerprint density at radius 3 is 3.09 bits per heavy atom. The zero-order valence-corrected chi connectivity index (χ0v) is 12.8. The van der Waals surface area contributed by atoms with Gasteiger partial charge >= 0.3 is 0 Å². The lowest BCUT2D eigenvalue weighted by molar-refractivity contribution is -0.120. The smallest absolute Gasteiger partial charge is 0.243 e. The van der Waals surface area contributed by atoms with Gasteiger partial charge in [0.25, 0.3) is 0 Å². The summed E-state index contributed by atoms with van der Waals surface area (Å²) in [6, 6.07) is 5.38. The molecule has 2 fully saturated rings. The van der Waals surface area contributed by atoms with Gasteiger partial charge < -0.3 is 25.1 Å². The van der Waals surface area contributed by atoms with Gasteiger partial charge in [0.1, 0.15) is 18.0 Å². The number of aromatic nitrogens is 2. The van der Waals surface area contributed by atoms with Gasteiger partial charge in [-0.15, -0.1) is 0 Å². The van der Waals surface area contributed by atoms with Gasteiger partial charge in [0, 0.05) is 18.8 Å². The molecule has 7 nitrogen and oxygen atoms in total. The molecular formula is C16H20N4O3. The van der Waals surface area contributed by atoms with Crippen molar-refractivity contribution in [1.29, 1.82) is 0 Å². The Labute approximate surface area is 133 Å². The molecule has 1 aromatic heterocycles. The molecule has 4 rings (SSSR count). The van der Waals surface area contributed by atoms with Crippen LogP contribution < -0.4 is 10.6 Å². The highest BCUT2D eigenvalue weighted by Crippen LogP contribution is 2.28.